The van der Waals surface area contributed by atoms with Crippen LogP contribution in [-0.2, 0) is 20.7 Å². The molecule has 2 fully saturated rings. The van der Waals surface area contributed by atoms with E-state index in [1.807, 2.05) is 53.4 Å². The summed E-state index contributed by atoms with van der Waals surface area (Å²) < 4.78 is 16.8. The van der Waals surface area contributed by atoms with Crippen LogP contribution in [0.25, 0.3) is 11.0 Å². The Kier molecular flexibility index (Phi) is 5.92. The van der Waals surface area contributed by atoms with E-state index in [-0.39, 0.29) is 23.9 Å². The molecule has 166 valence electrons. The third kappa shape index (κ3) is 4.54. The number of amides is 2. The molecular weight excluding hydrogens is 408 g/mol. The molecule has 2 aliphatic heterocycles. The molecule has 2 saturated heterocycles. The van der Waals surface area contributed by atoms with Crippen LogP contribution in [0.1, 0.15) is 29.0 Å². The number of para-hydroxylation sites is 1. The highest BCUT2D eigenvalue weighted by atomic mass is 16.7. The summed E-state index contributed by atoms with van der Waals surface area (Å²) in [7, 11) is 0. The number of hydrogen-bond donors (Lipinski definition) is 1. The van der Waals surface area contributed by atoms with Crippen LogP contribution < -0.4 is 5.32 Å². The summed E-state index contributed by atoms with van der Waals surface area (Å²) in [4.78, 5) is 27.1. The van der Waals surface area contributed by atoms with Crippen molar-refractivity contribution in [1.82, 2.24) is 4.90 Å². The number of hydrogen-bond acceptors (Lipinski definition) is 5. The van der Waals surface area contributed by atoms with E-state index in [4.69, 9.17) is 13.9 Å². The van der Waals surface area contributed by atoms with Gasteiger partial charge in [-0.15, -0.1) is 0 Å². The number of anilines is 1. The lowest BCUT2D eigenvalue weighted by atomic mass is 9.95. The highest BCUT2D eigenvalue weighted by molar-refractivity contribution is 6.04. The van der Waals surface area contributed by atoms with Crippen LogP contribution in [-0.4, -0.2) is 49.3 Å². The number of nitrogens with zero attached hydrogens (tertiary/aromatic N) is 1. The van der Waals surface area contributed by atoms with Crippen molar-refractivity contribution < 1.29 is 23.5 Å². The molecule has 2 amide bonds. The summed E-state index contributed by atoms with van der Waals surface area (Å²) in [5.41, 5.74) is 2.25. The Hall–Kier alpha value is -3.16. The molecule has 1 N–H and O–H groups in total. The minimum Gasteiger partial charge on any atom is -0.451 e. The van der Waals surface area contributed by atoms with Gasteiger partial charge in [0.05, 0.1) is 19.6 Å². The molecule has 0 aliphatic carbocycles. The third-order valence-electron chi connectivity index (χ3n) is 6.14. The largest absolute Gasteiger partial charge is 0.451 e. The lowest BCUT2D eigenvalue weighted by molar-refractivity contribution is -0.136. The Bertz CT molecular complexity index is 1060. The number of carbonyl (C=O) groups excluding carboxylic acids is 2. The van der Waals surface area contributed by atoms with E-state index in [9.17, 15) is 9.59 Å². The summed E-state index contributed by atoms with van der Waals surface area (Å²) in [6.45, 7) is 2.80. The SMILES string of the molecule is O=C(Nc1ccc(CC(=O)N2CCC(C3OCCO3)CC2)cc1)c1cc2ccccc2o1. The second-order valence-electron chi connectivity index (χ2n) is 8.30. The van der Waals surface area contributed by atoms with E-state index in [2.05, 4.69) is 5.32 Å². The molecule has 32 heavy (non-hydrogen) atoms. The summed E-state index contributed by atoms with van der Waals surface area (Å²) in [6.07, 6.45) is 2.06. The smallest absolute Gasteiger partial charge is 0.291 e. The van der Waals surface area contributed by atoms with Crippen LogP contribution >= 0.6 is 0 Å². The van der Waals surface area contributed by atoms with E-state index in [1.165, 1.54) is 0 Å². The Labute approximate surface area is 186 Å². The molecule has 0 unspecified atom stereocenters. The van der Waals surface area contributed by atoms with E-state index in [0.717, 1.165) is 36.9 Å². The Balaban J connectivity index is 1.13. The Morgan fingerprint density at radius 2 is 1.69 bits per heavy atom. The number of ether oxygens (including phenoxy) is 2. The first kappa shape index (κ1) is 20.7. The normalized spacial score (nSPS) is 17.7. The zero-order chi connectivity index (χ0) is 21.9. The Morgan fingerprint density at radius 1 is 0.969 bits per heavy atom. The molecule has 5 rings (SSSR count). The minimum absolute atomic E-state index is 0.102. The average molecular weight is 434 g/mol. The molecule has 0 radical (unpaired) electrons. The summed E-state index contributed by atoms with van der Waals surface area (Å²) in [5.74, 6) is 0.456. The highest BCUT2D eigenvalue weighted by Crippen LogP contribution is 2.26. The van der Waals surface area contributed by atoms with Gasteiger partial charge in [0, 0.05) is 30.1 Å². The molecular formula is C25H26N2O5. The van der Waals surface area contributed by atoms with Gasteiger partial charge in [-0.1, -0.05) is 30.3 Å². The molecule has 2 aromatic carbocycles. The van der Waals surface area contributed by atoms with Crippen molar-refractivity contribution in [3.63, 3.8) is 0 Å². The van der Waals surface area contributed by atoms with Crippen molar-refractivity contribution in [3.8, 4) is 0 Å². The van der Waals surface area contributed by atoms with Crippen molar-refractivity contribution >= 4 is 28.5 Å². The van der Waals surface area contributed by atoms with Gasteiger partial charge in [-0.3, -0.25) is 9.59 Å². The van der Waals surface area contributed by atoms with E-state index < -0.39 is 0 Å². The highest BCUT2D eigenvalue weighted by Gasteiger charge is 2.31. The van der Waals surface area contributed by atoms with Gasteiger partial charge in [0.1, 0.15) is 5.58 Å². The topological polar surface area (TPSA) is 81.0 Å². The summed E-state index contributed by atoms with van der Waals surface area (Å²) in [5, 5.41) is 3.73. The maximum atomic E-state index is 12.7. The molecule has 2 aliphatic rings. The number of nitrogens with one attached hydrogen (secondary N) is 1. The Morgan fingerprint density at radius 3 is 2.41 bits per heavy atom. The van der Waals surface area contributed by atoms with Crippen LogP contribution in [0.4, 0.5) is 5.69 Å². The minimum atomic E-state index is -0.303. The third-order valence-corrected chi connectivity index (χ3v) is 6.14. The van der Waals surface area contributed by atoms with Crippen molar-refractivity contribution in [2.24, 2.45) is 5.92 Å². The maximum Gasteiger partial charge on any atom is 0.291 e. The first-order chi connectivity index (χ1) is 15.7. The van der Waals surface area contributed by atoms with Crippen LogP contribution in [0.15, 0.2) is 59.0 Å². The van der Waals surface area contributed by atoms with E-state index in [0.29, 0.717) is 36.8 Å². The second-order valence-corrected chi connectivity index (χ2v) is 8.30. The van der Waals surface area contributed by atoms with Crippen LogP contribution in [0, 0.1) is 5.92 Å². The molecule has 0 spiro atoms. The number of rotatable bonds is 5. The summed E-state index contributed by atoms with van der Waals surface area (Å²) in [6, 6.07) is 16.6. The number of benzene rings is 2. The average Bonchev–Trinajstić information content (AvgIpc) is 3.51. The lowest BCUT2D eigenvalue weighted by Crippen LogP contribution is -2.42. The van der Waals surface area contributed by atoms with Gasteiger partial charge >= 0.3 is 0 Å². The fourth-order valence-electron chi connectivity index (χ4n) is 4.35. The number of likely N-dealkylation sites (tertiary alicyclic amines) is 1. The van der Waals surface area contributed by atoms with Crippen LogP contribution in [0.2, 0.25) is 0 Å². The van der Waals surface area contributed by atoms with Gasteiger partial charge in [-0.05, 0) is 42.7 Å². The van der Waals surface area contributed by atoms with E-state index >= 15 is 0 Å². The fourth-order valence-corrected chi connectivity index (χ4v) is 4.35. The molecule has 7 heteroatoms. The fraction of sp³-hybridized carbons (Fsp3) is 0.360. The standard InChI is InChI=1S/C25H26N2O5/c28-23(27-11-9-18(10-12-27)25-30-13-14-31-25)15-17-5-7-20(8-6-17)26-24(29)22-16-19-3-1-2-4-21(19)32-22/h1-8,16,18,25H,9-15H2,(H,26,29). The second kappa shape index (κ2) is 9.14. The zero-order valence-corrected chi connectivity index (χ0v) is 17.8. The first-order valence-corrected chi connectivity index (χ1v) is 11.1. The van der Waals surface area contributed by atoms with Crippen molar-refractivity contribution in [2.45, 2.75) is 25.6 Å². The molecule has 0 saturated carbocycles. The number of furan rings is 1. The van der Waals surface area contributed by atoms with Gasteiger partial charge in [-0.2, -0.15) is 0 Å². The molecule has 7 nitrogen and oxygen atoms in total. The van der Waals surface area contributed by atoms with Gasteiger partial charge in [0.15, 0.2) is 12.1 Å². The van der Waals surface area contributed by atoms with Crippen molar-refractivity contribution in [2.75, 3.05) is 31.6 Å². The lowest BCUT2D eigenvalue weighted by Gasteiger charge is -2.34. The van der Waals surface area contributed by atoms with Crippen molar-refractivity contribution in [1.29, 1.82) is 0 Å². The first-order valence-electron chi connectivity index (χ1n) is 11.1. The number of fused-ring (bicyclic) bond motifs is 1. The van der Waals surface area contributed by atoms with Gasteiger partial charge in [0.2, 0.25) is 5.91 Å². The molecule has 1 aromatic heterocycles. The molecule has 3 aromatic rings. The predicted octanol–water partition coefficient (Wildman–Crippen LogP) is 3.84. The monoisotopic (exact) mass is 434 g/mol. The molecule has 3 heterocycles. The van der Waals surface area contributed by atoms with E-state index in [1.54, 1.807) is 6.07 Å². The van der Waals surface area contributed by atoms with Crippen molar-refractivity contribution in [3.05, 3.63) is 65.9 Å². The predicted molar refractivity (Wildman–Crippen MR) is 119 cm³/mol. The maximum absolute atomic E-state index is 12.7. The zero-order valence-electron chi connectivity index (χ0n) is 17.8. The van der Waals surface area contributed by atoms with Gasteiger partial charge < -0.3 is 24.1 Å². The molecule has 0 atom stereocenters. The molecule has 0 bridgehead atoms. The van der Waals surface area contributed by atoms with Crippen LogP contribution in [0.3, 0.4) is 0 Å². The quantitative estimate of drug-likeness (QED) is 0.660. The van der Waals surface area contributed by atoms with Crippen LogP contribution in [0.5, 0.6) is 0 Å². The number of piperidine rings is 1. The number of carbonyl (C=O) groups is 2. The summed E-state index contributed by atoms with van der Waals surface area (Å²) >= 11 is 0. The van der Waals surface area contributed by atoms with Gasteiger partial charge in [0.25, 0.3) is 5.91 Å². The van der Waals surface area contributed by atoms with Gasteiger partial charge in [-0.25, -0.2) is 0 Å².